The van der Waals surface area contributed by atoms with Gasteiger partial charge in [0.1, 0.15) is 11.0 Å². The van der Waals surface area contributed by atoms with Gasteiger partial charge in [-0.25, -0.2) is 9.37 Å². The topological polar surface area (TPSA) is 16.1 Å². The van der Waals surface area contributed by atoms with Gasteiger partial charge in [0.2, 0.25) is 0 Å². The number of pyridine rings is 1. The first-order chi connectivity index (χ1) is 10.1. The second-order valence-corrected chi connectivity index (χ2v) is 5.44. The van der Waals surface area contributed by atoms with Gasteiger partial charge < -0.3 is 4.90 Å². The van der Waals surface area contributed by atoms with E-state index >= 15 is 0 Å². The molecule has 4 heteroatoms. The maximum Gasteiger partial charge on any atom is 0.137 e. The van der Waals surface area contributed by atoms with E-state index in [1.165, 1.54) is 6.07 Å². The van der Waals surface area contributed by atoms with Gasteiger partial charge in [0.05, 0.1) is 5.52 Å². The van der Waals surface area contributed by atoms with Gasteiger partial charge in [0.25, 0.3) is 0 Å². The van der Waals surface area contributed by atoms with Crippen LogP contribution in [-0.4, -0.2) is 19.1 Å². The Labute approximate surface area is 127 Å². The summed E-state index contributed by atoms with van der Waals surface area (Å²) in [7, 11) is 3.94. The summed E-state index contributed by atoms with van der Waals surface area (Å²) in [5.74, 6) is -0.300. The quantitative estimate of drug-likeness (QED) is 0.634. The van der Waals surface area contributed by atoms with E-state index < -0.39 is 0 Å². The second kappa shape index (κ2) is 5.34. The van der Waals surface area contributed by atoms with Crippen LogP contribution in [0.3, 0.4) is 0 Å². The fourth-order valence-corrected chi connectivity index (χ4v) is 2.53. The Morgan fingerprint density at radius 1 is 1.00 bits per heavy atom. The summed E-state index contributed by atoms with van der Waals surface area (Å²) in [6.45, 7) is 0. The maximum atomic E-state index is 13.9. The third-order valence-electron chi connectivity index (χ3n) is 3.44. The van der Waals surface area contributed by atoms with E-state index in [-0.39, 0.29) is 5.82 Å². The van der Waals surface area contributed by atoms with Crippen LogP contribution in [0.15, 0.2) is 48.5 Å². The highest BCUT2D eigenvalue weighted by Gasteiger charge is 2.11. The molecule has 21 heavy (non-hydrogen) atoms. The second-order valence-electron chi connectivity index (χ2n) is 5.08. The molecule has 106 valence electrons. The van der Waals surface area contributed by atoms with Crippen LogP contribution in [0.4, 0.5) is 10.1 Å². The normalized spacial score (nSPS) is 10.9. The van der Waals surface area contributed by atoms with Crippen LogP contribution in [0.1, 0.15) is 0 Å². The van der Waals surface area contributed by atoms with Crippen LogP contribution >= 0.6 is 11.6 Å². The van der Waals surface area contributed by atoms with E-state index in [1.54, 1.807) is 18.2 Å². The molecule has 0 atom stereocenters. The van der Waals surface area contributed by atoms with Crippen molar-refractivity contribution in [3.8, 4) is 11.1 Å². The fraction of sp³-hybridized carbons (Fsp3) is 0.118. The van der Waals surface area contributed by atoms with Gasteiger partial charge in [-0.15, -0.1) is 0 Å². The first kappa shape index (κ1) is 13.8. The molecule has 0 fully saturated rings. The molecule has 0 bridgehead atoms. The Morgan fingerprint density at radius 3 is 2.48 bits per heavy atom. The molecule has 0 aliphatic heterocycles. The summed E-state index contributed by atoms with van der Waals surface area (Å²) in [5, 5.41) is 1.24. The largest absolute Gasteiger partial charge is 0.378 e. The van der Waals surface area contributed by atoms with E-state index in [0.29, 0.717) is 16.3 Å². The van der Waals surface area contributed by atoms with E-state index in [0.717, 1.165) is 16.6 Å². The van der Waals surface area contributed by atoms with Crippen LogP contribution in [0.25, 0.3) is 22.0 Å². The fourth-order valence-electron chi connectivity index (χ4n) is 2.28. The Kier molecular flexibility index (Phi) is 3.52. The van der Waals surface area contributed by atoms with E-state index in [4.69, 9.17) is 11.6 Å². The van der Waals surface area contributed by atoms with Crippen molar-refractivity contribution in [1.82, 2.24) is 4.98 Å². The number of fused-ring (bicyclic) bond motifs is 1. The standard InChI is InChI=1S/C17H14ClFN2/c1-21(2)12-8-7-11-9-14(17(18)20-16(11)10-12)13-5-3-4-6-15(13)19/h3-10H,1-2H3. The molecule has 0 amide bonds. The summed E-state index contributed by atoms with van der Waals surface area (Å²) in [6.07, 6.45) is 0. The molecule has 2 nitrogen and oxygen atoms in total. The molecule has 0 aliphatic rings. The molecule has 1 heterocycles. The lowest BCUT2D eigenvalue weighted by Crippen LogP contribution is -2.08. The zero-order chi connectivity index (χ0) is 15.0. The van der Waals surface area contributed by atoms with Gasteiger partial charge in [0, 0.05) is 36.3 Å². The highest BCUT2D eigenvalue weighted by Crippen LogP contribution is 2.32. The number of hydrogen-bond acceptors (Lipinski definition) is 2. The number of hydrogen-bond donors (Lipinski definition) is 0. The van der Waals surface area contributed by atoms with Crippen molar-refractivity contribution in [2.75, 3.05) is 19.0 Å². The van der Waals surface area contributed by atoms with Gasteiger partial charge in [-0.3, -0.25) is 0 Å². The molecule has 2 aromatic carbocycles. The van der Waals surface area contributed by atoms with E-state index in [1.807, 2.05) is 43.3 Å². The van der Waals surface area contributed by atoms with Gasteiger partial charge in [-0.1, -0.05) is 35.9 Å². The van der Waals surface area contributed by atoms with E-state index in [2.05, 4.69) is 4.98 Å². The minimum atomic E-state index is -0.300. The predicted molar refractivity (Wildman–Crippen MR) is 86.5 cm³/mol. The number of benzene rings is 2. The minimum Gasteiger partial charge on any atom is -0.378 e. The Bertz CT molecular complexity index is 815. The molecule has 3 rings (SSSR count). The molecule has 0 saturated carbocycles. The number of rotatable bonds is 2. The van der Waals surface area contributed by atoms with Crippen molar-refractivity contribution in [3.05, 3.63) is 59.5 Å². The van der Waals surface area contributed by atoms with Crippen LogP contribution < -0.4 is 4.90 Å². The minimum absolute atomic E-state index is 0.300. The monoisotopic (exact) mass is 300 g/mol. The zero-order valence-electron chi connectivity index (χ0n) is 11.8. The first-order valence-corrected chi connectivity index (χ1v) is 6.96. The highest BCUT2D eigenvalue weighted by molar-refractivity contribution is 6.32. The average molecular weight is 301 g/mol. The molecule has 0 radical (unpaired) electrons. The van der Waals surface area contributed by atoms with Crippen LogP contribution in [-0.2, 0) is 0 Å². The molecular formula is C17H14ClFN2. The lowest BCUT2D eigenvalue weighted by Gasteiger charge is -2.13. The summed E-state index contributed by atoms with van der Waals surface area (Å²) in [4.78, 5) is 6.41. The molecule has 0 unspecified atom stereocenters. The third-order valence-corrected chi connectivity index (χ3v) is 3.72. The van der Waals surface area contributed by atoms with E-state index in [9.17, 15) is 4.39 Å². The predicted octanol–water partition coefficient (Wildman–Crippen LogP) is 4.76. The van der Waals surface area contributed by atoms with Crippen molar-refractivity contribution in [2.45, 2.75) is 0 Å². The number of halogens is 2. The number of aromatic nitrogens is 1. The molecule has 3 aromatic rings. The van der Waals surface area contributed by atoms with Gasteiger partial charge in [-0.2, -0.15) is 0 Å². The van der Waals surface area contributed by atoms with Crippen molar-refractivity contribution in [3.63, 3.8) is 0 Å². The lowest BCUT2D eigenvalue weighted by atomic mass is 10.0. The summed E-state index contributed by atoms with van der Waals surface area (Å²) >= 11 is 6.25. The molecule has 0 spiro atoms. The van der Waals surface area contributed by atoms with Crippen molar-refractivity contribution in [1.29, 1.82) is 0 Å². The highest BCUT2D eigenvalue weighted by atomic mass is 35.5. The molecule has 1 aromatic heterocycles. The maximum absolute atomic E-state index is 13.9. The van der Waals surface area contributed by atoms with Crippen LogP contribution in [0.2, 0.25) is 5.15 Å². The van der Waals surface area contributed by atoms with Crippen molar-refractivity contribution >= 4 is 28.2 Å². The Balaban J connectivity index is 2.21. The van der Waals surface area contributed by atoms with Gasteiger partial charge in [0.15, 0.2) is 0 Å². The van der Waals surface area contributed by atoms with Crippen molar-refractivity contribution in [2.24, 2.45) is 0 Å². The summed E-state index contributed by atoms with van der Waals surface area (Å²) in [6, 6.07) is 14.4. The summed E-state index contributed by atoms with van der Waals surface area (Å²) < 4.78 is 13.9. The lowest BCUT2D eigenvalue weighted by molar-refractivity contribution is 0.631. The summed E-state index contributed by atoms with van der Waals surface area (Å²) in [5.41, 5.74) is 2.92. The van der Waals surface area contributed by atoms with Crippen LogP contribution in [0, 0.1) is 5.82 Å². The SMILES string of the molecule is CN(C)c1ccc2cc(-c3ccccc3F)c(Cl)nc2c1. The van der Waals surface area contributed by atoms with Crippen LogP contribution in [0.5, 0.6) is 0 Å². The van der Waals surface area contributed by atoms with Gasteiger partial charge >= 0.3 is 0 Å². The Hall–Kier alpha value is -2.13. The molecule has 0 N–H and O–H groups in total. The third kappa shape index (κ3) is 2.57. The molecular weight excluding hydrogens is 287 g/mol. The van der Waals surface area contributed by atoms with Crippen molar-refractivity contribution < 1.29 is 4.39 Å². The van der Waals surface area contributed by atoms with Gasteiger partial charge in [-0.05, 0) is 24.3 Å². The first-order valence-electron chi connectivity index (χ1n) is 6.59. The number of anilines is 1. The average Bonchev–Trinajstić information content (AvgIpc) is 2.46. The smallest absolute Gasteiger partial charge is 0.137 e. The Morgan fingerprint density at radius 2 is 1.76 bits per heavy atom. The molecule has 0 aliphatic carbocycles. The molecule has 0 saturated heterocycles. The number of nitrogens with zero attached hydrogens (tertiary/aromatic N) is 2. The zero-order valence-corrected chi connectivity index (χ0v) is 12.5.